The van der Waals surface area contributed by atoms with Gasteiger partial charge < -0.3 is 15.1 Å². The predicted molar refractivity (Wildman–Crippen MR) is 136 cm³/mol. The first-order chi connectivity index (χ1) is 16.5. The van der Waals surface area contributed by atoms with Crippen LogP contribution in [0, 0.1) is 5.92 Å². The molecule has 2 N–H and O–H groups in total. The molecule has 4 heteroatoms. The van der Waals surface area contributed by atoms with Crippen LogP contribution in [0.2, 0.25) is 0 Å². The molecule has 0 bridgehead atoms. The van der Waals surface area contributed by atoms with E-state index in [0.29, 0.717) is 12.0 Å². The number of piperidine rings is 1. The lowest BCUT2D eigenvalue weighted by Crippen LogP contribution is -2.44. The number of aliphatic hydroxyl groups excluding tert-OH is 1. The van der Waals surface area contributed by atoms with Crippen LogP contribution in [0.4, 0.5) is 0 Å². The van der Waals surface area contributed by atoms with Crippen LogP contribution in [0.5, 0.6) is 0 Å². The Kier molecular flexibility index (Phi) is 7.94. The number of nitrogens with zero attached hydrogens (tertiary/aromatic N) is 1. The van der Waals surface area contributed by atoms with Crippen molar-refractivity contribution in [2.75, 3.05) is 19.6 Å². The summed E-state index contributed by atoms with van der Waals surface area (Å²) in [5.41, 5.74) is 2.46. The summed E-state index contributed by atoms with van der Waals surface area (Å²) in [6.07, 6.45) is 2.93. The van der Waals surface area contributed by atoms with Gasteiger partial charge in [-0.1, -0.05) is 84.9 Å². The second-order valence-electron chi connectivity index (χ2n) is 9.45. The van der Waals surface area contributed by atoms with Crippen molar-refractivity contribution in [1.29, 1.82) is 0 Å². The van der Waals surface area contributed by atoms with Crippen molar-refractivity contribution in [2.45, 2.75) is 44.3 Å². The van der Waals surface area contributed by atoms with Crippen molar-refractivity contribution < 1.29 is 15.0 Å². The van der Waals surface area contributed by atoms with E-state index < -0.39 is 11.7 Å². The Bertz CT molecular complexity index is 1000. The Morgan fingerprint density at radius 2 is 1.44 bits per heavy atom. The van der Waals surface area contributed by atoms with Gasteiger partial charge in [0.1, 0.15) is 5.60 Å². The lowest BCUT2D eigenvalue weighted by Gasteiger charge is -2.42. The van der Waals surface area contributed by atoms with Crippen LogP contribution >= 0.6 is 0 Å². The first kappa shape index (κ1) is 24.3. The van der Waals surface area contributed by atoms with Crippen LogP contribution in [0.15, 0.2) is 84.9 Å². The number of hydrogen-bond acceptors (Lipinski definition) is 4. The number of likely N-dealkylation sites (tertiary alicyclic amines) is 1. The van der Waals surface area contributed by atoms with Gasteiger partial charge in [0.2, 0.25) is 0 Å². The maximum atomic E-state index is 12.0. The van der Waals surface area contributed by atoms with Gasteiger partial charge in [-0.25, -0.2) is 0 Å². The van der Waals surface area contributed by atoms with Crippen molar-refractivity contribution in [2.24, 2.45) is 5.92 Å². The molecule has 4 rings (SSSR count). The smallest absolute Gasteiger partial charge is 0.159 e. The molecule has 0 amide bonds. The van der Waals surface area contributed by atoms with Gasteiger partial charge in [-0.3, -0.25) is 4.79 Å². The van der Waals surface area contributed by atoms with E-state index in [2.05, 4.69) is 4.90 Å². The number of rotatable bonds is 9. The van der Waals surface area contributed by atoms with E-state index in [0.717, 1.165) is 55.6 Å². The molecule has 0 aromatic heterocycles. The molecule has 3 aromatic carbocycles. The molecule has 3 aromatic rings. The number of carbonyl (C=O) groups excluding carboxylic acids is 1. The maximum Gasteiger partial charge on any atom is 0.159 e. The Morgan fingerprint density at radius 3 is 1.94 bits per heavy atom. The molecule has 0 aliphatic carbocycles. The summed E-state index contributed by atoms with van der Waals surface area (Å²) >= 11 is 0. The van der Waals surface area contributed by atoms with Gasteiger partial charge in [-0.05, 0) is 74.8 Å². The number of benzene rings is 3. The summed E-state index contributed by atoms with van der Waals surface area (Å²) in [6, 6.07) is 27.4. The fourth-order valence-electron chi connectivity index (χ4n) is 5.21. The molecule has 178 valence electrons. The zero-order valence-corrected chi connectivity index (χ0v) is 19.9. The summed E-state index contributed by atoms with van der Waals surface area (Å²) in [5.74, 6) is 0.190. The number of carbonyl (C=O) groups is 1. The van der Waals surface area contributed by atoms with Crippen molar-refractivity contribution in [3.8, 4) is 0 Å². The number of ketones is 1. The van der Waals surface area contributed by atoms with Crippen LogP contribution in [-0.4, -0.2) is 40.5 Å². The topological polar surface area (TPSA) is 60.8 Å². The summed E-state index contributed by atoms with van der Waals surface area (Å²) in [7, 11) is 0. The van der Waals surface area contributed by atoms with Gasteiger partial charge >= 0.3 is 0 Å². The third-order valence-corrected chi connectivity index (χ3v) is 7.26. The molecule has 1 atom stereocenters. The van der Waals surface area contributed by atoms with Crippen molar-refractivity contribution >= 4 is 5.78 Å². The van der Waals surface area contributed by atoms with Crippen LogP contribution in [0.25, 0.3) is 0 Å². The SMILES string of the molecule is CC(=O)c1ccc(C(O)CCCN2CCC(C(O)(c3ccccc3)c3ccccc3)CC2)cc1. The first-order valence-corrected chi connectivity index (χ1v) is 12.3. The standard InChI is InChI=1S/C30H35NO3/c1-23(32)24-14-16-25(17-15-24)29(33)13-8-20-31-21-18-28(19-22-31)30(34,26-9-4-2-5-10-26)27-11-6-3-7-12-27/h2-7,9-12,14-17,28-29,33-34H,8,13,18-22H2,1H3. The highest BCUT2D eigenvalue weighted by atomic mass is 16.3. The lowest BCUT2D eigenvalue weighted by molar-refractivity contribution is -0.0146. The second-order valence-corrected chi connectivity index (χ2v) is 9.45. The van der Waals surface area contributed by atoms with E-state index in [1.54, 1.807) is 19.1 Å². The minimum Gasteiger partial charge on any atom is -0.388 e. The Morgan fingerprint density at radius 1 is 0.912 bits per heavy atom. The van der Waals surface area contributed by atoms with E-state index in [9.17, 15) is 15.0 Å². The summed E-state index contributed by atoms with van der Waals surface area (Å²) in [5, 5.41) is 22.6. The van der Waals surface area contributed by atoms with E-state index >= 15 is 0 Å². The van der Waals surface area contributed by atoms with E-state index in [1.165, 1.54) is 0 Å². The molecule has 1 fully saturated rings. The molecule has 0 spiro atoms. The summed E-state index contributed by atoms with van der Waals surface area (Å²) < 4.78 is 0. The molecule has 0 radical (unpaired) electrons. The van der Waals surface area contributed by atoms with E-state index in [-0.39, 0.29) is 11.7 Å². The minimum absolute atomic E-state index is 0.0378. The third-order valence-electron chi connectivity index (χ3n) is 7.26. The molecule has 34 heavy (non-hydrogen) atoms. The Labute approximate surface area is 202 Å². The highest BCUT2D eigenvalue weighted by Gasteiger charge is 2.41. The molecular weight excluding hydrogens is 422 g/mol. The van der Waals surface area contributed by atoms with E-state index in [4.69, 9.17) is 0 Å². The molecular formula is C30H35NO3. The van der Waals surface area contributed by atoms with Crippen molar-refractivity contribution in [3.05, 3.63) is 107 Å². The average Bonchev–Trinajstić information content (AvgIpc) is 2.89. The zero-order valence-electron chi connectivity index (χ0n) is 19.9. The maximum absolute atomic E-state index is 12.0. The third kappa shape index (κ3) is 5.47. The molecule has 1 aliphatic heterocycles. The fraction of sp³-hybridized carbons (Fsp3) is 0.367. The molecule has 1 aliphatic rings. The first-order valence-electron chi connectivity index (χ1n) is 12.3. The summed E-state index contributed by atoms with van der Waals surface area (Å²) in [4.78, 5) is 13.9. The quantitative estimate of drug-likeness (QED) is 0.425. The van der Waals surface area contributed by atoms with Crippen molar-refractivity contribution in [1.82, 2.24) is 4.90 Å². The molecule has 1 heterocycles. The van der Waals surface area contributed by atoms with E-state index in [1.807, 2.05) is 72.8 Å². The molecule has 1 saturated heterocycles. The van der Waals surface area contributed by atoms with Gasteiger partial charge in [-0.2, -0.15) is 0 Å². The predicted octanol–water partition coefficient (Wildman–Crippen LogP) is 5.35. The van der Waals surface area contributed by atoms with Gasteiger partial charge in [0.25, 0.3) is 0 Å². The summed E-state index contributed by atoms with van der Waals surface area (Å²) in [6.45, 7) is 4.37. The van der Waals surface area contributed by atoms with Crippen LogP contribution in [0.3, 0.4) is 0 Å². The second kappa shape index (κ2) is 11.1. The largest absolute Gasteiger partial charge is 0.388 e. The monoisotopic (exact) mass is 457 g/mol. The number of aliphatic hydroxyl groups is 2. The number of Topliss-reactive ketones (excluding diaryl/α,β-unsaturated/α-hetero) is 1. The van der Waals surface area contributed by atoms with Crippen LogP contribution in [-0.2, 0) is 5.60 Å². The molecule has 1 unspecified atom stereocenters. The minimum atomic E-state index is -0.989. The Hall–Kier alpha value is -2.79. The van der Waals surface area contributed by atoms with Gasteiger partial charge in [0.05, 0.1) is 6.10 Å². The normalized spacial score (nSPS) is 16.3. The van der Waals surface area contributed by atoms with Crippen LogP contribution in [0.1, 0.15) is 65.8 Å². The number of hydrogen-bond donors (Lipinski definition) is 2. The van der Waals surface area contributed by atoms with Crippen molar-refractivity contribution in [3.63, 3.8) is 0 Å². The Balaban J connectivity index is 1.33. The average molecular weight is 458 g/mol. The fourth-order valence-corrected chi connectivity index (χ4v) is 5.21. The van der Waals surface area contributed by atoms with Gasteiger partial charge in [0.15, 0.2) is 5.78 Å². The molecule has 4 nitrogen and oxygen atoms in total. The van der Waals surface area contributed by atoms with Gasteiger partial charge in [0, 0.05) is 5.56 Å². The highest BCUT2D eigenvalue weighted by molar-refractivity contribution is 5.94. The lowest BCUT2D eigenvalue weighted by atomic mass is 9.72. The molecule has 0 saturated carbocycles. The zero-order chi connectivity index (χ0) is 24.0. The highest BCUT2D eigenvalue weighted by Crippen LogP contribution is 2.41. The van der Waals surface area contributed by atoms with Gasteiger partial charge in [-0.15, -0.1) is 0 Å². The van der Waals surface area contributed by atoms with Crippen LogP contribution < -0.4 is 0 Å².